The molecular weight excluding hydrogens is 414 g/mol. The van der Waals surface area contributed by atoms with Crippen molar-refractivity contribution in [2.75, 3.05) is 0 Å². The van der Waals surface area contributed by atoms with E-state index in [1.807, 2.05) is 0 Å². The molecule has 2 aromatic rings. The molecule has 2 N–H and O–H groups in total. The van der Waals surface area contributed by atoms with Crippen molar-refractivity contribution in [3.63, 3.8) is 0 Å². The highest BCUT2D eigenvalue weighted by molar-refractivity contribution is 6.34. The zero-order valence-electron chi connectivity index (χ0n) is 14.7. The molecule has 0 heterocycles. The molecule has 0 aliphatic heterocycles. The molecule has 2 aromatic carbocycles. The summed E-state index contributed by atoms with van der Waals surface area (Å²) in [5.41, 5.74) is -1.53. The highest BCUT2D eigenvalue weighted by Crippen LogP contribution is 2.42. The van der Waals surface area contributed by atoms with Gasteiger partial charge in [0, 0.05) is 0 Å². The normalized spacial score (nSPS) is 23.3. The summed E-state index contributed by atoms with van der Waals surface area (Å²) in [5.74, 6) is -2.25. The summed E-state index contributed by atoms with van der Waals surface area (Å²) in [6.45, 7) is 0. The quantitative estimate of drug-likeness (QED) is 0.681. The fourth-order valence-corrected chi connectivity index (χ4v) is 3.95. The third-order valence-corrected chi connectivity index (χ3v) is 5.87. The first-order valence-electron chi connectivity index (χ1n) is 8.78. The Morgan fingerprint density at radius 1 is 1.07 bits per heavy atom. The van der Waals surface area contributed by atoms with Crippen LogP contribution in [0.25, 0.3) is 0 Å². The molecule has 1 atom stereocenters. The molecule has 3 rings (SSSR count). The molecule has 1 amide bonds. The van der Waals surface area contributed by atoms with E-state index in [1.54, 1.807) is 0 Å². The lowest BCUT2D eigenvalue weighted by molar-refractivity contribution is -0.0445. The van der Waals surface area contributed by atoms with Gasteiger partial charge in [0.2, 0.25) is 0 Å². The lowest BCUT2D eigenvalue weighted by Gasteiger charge is -2.41. The summed E-state index contributed by atoms with van der Waals surface area (Å²) < 4.78 is 41.3. The number of benzene rings is 2. The summed E-state index contributed by atoms with van der Waals surface area (Å²) in [5, 5.41) is 13.1. The second kappa shape index (κ2) is 8.31. The third-order valence-electron chi connectivity index (χ3n) is 5.08. The minimum absolute atomic E-state index is 0.0445. The van der Waals surface area contributed by atoms with Gasteiger partial charge in [0.25, 0.3) is 5.91 Å². The first-order chi connectivity index (χ1) is 13.2. The van der Waals surface area contributed by atoms with E-state index >= 15 is 0 Å². The van der Waals surface area contributed by atoms with Gasteiger partial charge in [-0.15, -0.1) is 0 Å². The number of rotatable bonds is 4. The van der Waals surface area contributed by atoms with E-state index in [1.165, 1.54) is 24.3 Å². The first-order valence-corrected chi connectivity index (χ1v) is 9.54. The van der Waals surface area contributed by atoms with Crippen LogP contribution >= 0.6 is 23.2 Å². The van der Waals surface area contributed by atoms with Crippen LogP contribution in [0.3, 0.4) is 0 Å². The Balaban J connectivity index is 2.00. The van der Waals surface area contributed by atoms with Crippen molar-refractivity contribution in [2.24, 2.45) is 0 Å². The predicted octanol–water partition coefficient (Wildman–Crippen LogP) is 5.39. The summed E-state index contributed by atoms with van der Waals surface area (Å²) in [6.07, 6.45) is -0.782. The van der Waals surface area contributed by atoms with Crippen molar-refractivity contribution in [1.82, 2.24) is 5.32 Å². The minimum Gasteiger partial charge on any atom is -0.387 e. The van der Waals surface area contributed by atoms with Crippen LogP contribution in [-0.2, 0) is 0 Å². The van der Waals surface area contributed by atoms with Gasteiger partial charge in [-0.05, 0) is 49.4 Å². The molecule has 1 aliphatic rings. The number of hydrogen-bond donors (Lipinski definition) is 2. The first kappa shape index (κ1) is 21.0. The van der Waals surface area contributed by atoms with Gasteiger partial charge in [0.15, 0.2) is 0 Å². The average molecular weight is 432 g/mol. The molecule has 1 saturated carbocycles. The van der Waals surface area contributed by atoms with Crippen molar-refractivity contribution >= 4 is 29.1 Å². The van der Waals surface area contributed by atoms with Crippen molar-refractivity contribution in [2.45, 2.75) is 43.5 Å². The Hall–Kier alpha value is -1.76. The third kappa shape index (κ3) is 4.14. The Bertz CT molecular complexity index is 886. The van der Waals surface area contributed by atoms with Crippen molar-refractivity contribution < 1.29 is 23.1 Å². The van der Waals surface area contributed by atoms with Crippen LogP contribution in [-0.4, -0.2) is 22.8 Å². The SMILES string of the molecule is O=C(NC(c1cccc(F)c1Cl)C1(O)CCC(F)CC1)c1cccc(F)c1Cl. The van der Waals surface area contributed by atoms with Gasteiger partial charge < -0.3 is 10.4 Å². The van der Waals surface area contributed by atoms with Crippen LogP contribution in [0.4, 0.5) is 13.2 Å². The van der Waals surface area contributed by atoms with Gasteiger partial charge in [-0.25, -0.2) is 13.2 Å². The van der Waals surface area contributed by atoms with E-state index in [-0.39, 0.29) is 46.9 Å². The Morgan fingerprint density at radius 2 is 1.64 bits per heavy atom. The average Bonchev–Trinajstić information content (AvgIpc) is 2.67. The van der Waals surface area contributed by atoms with Gasteiger partial charge in [0.05, 0.1) is 27.3 Å². The summed E-state index contributed by atoms with van der Waals surface area (Å²) in [6, 6.07) is 6.65. The number of nitrogens with one attached hydrogen (secondary N) is 1. The Kier molecular flexibility index (Phi) is 6.22. The van der Waals surface area contributed by atoms with Gasteiger partial charge in [-0.2, -0.15) is 0 Å². The molecule has 0 saturated heterocycles. The van der Waals surface area contributed by atoms with E-state index in [0.717, 1.165) is 12.1 Å². The summed E-state index contributed by atoms with van der Waals surface area (Å²) in [4.78, 5) is 12.8. The van der Waals surface area contributed by atoms with Crippen LogP contribution in [0.2, 0.25) is 10.0 Å². The van der Waals surface area contributed by atoms with E-state index < -0.39 is 35.4 Å². The van der Waals surface area contributed by atoms with Crippen LogP contribution in [0.15, 0.2) is 36.4 Å². The Labute approximate surface area is 170 Å². The maximum absolute atomic E-state index is 14.0. The number of carbonyl (C=O) groups excluding carboxylic acids is 1. The van der Waals surface area contributed by atoms with Gasteiger partial charge in [0.1, 0.15) is 17.8 Å². The molecule has 8 heteroatoms. The van der Waals surface area contributed by atoms with Crippen molar-refractivity contribution in [3.8, 4) is 0 Å². The van der Waals surface area contributed by atoms with E-state index in [9.17, 15) is 23.1 Å². The molecule has 1 unspecified atom stereocenters. The highest BCUT2D eigenvalue weighted by Gasteiger charge is 2.43. The van der Waals surface area contributed by atoms with E-state index in [0.29, 0.717) is 0 Å². The second-order valence-corrected chi connectivity index (χ2v) is 7.69. The maximum atomic E-state index is 14.0. The number of halogens is 5. The zero-order chi connectivity index (χ0) is 20.5. The van der Waals surface area contributed by atoms with E-state index in [2.05, 4.69) is 5.32 Å². The fraction of sp³-hybridized carbons (Fsp3) is 0.350. The smallest absolute Gasteiger partial charge is 0.253 e. The zero-order valence-corrected chi connectivity index (χ0v) is 16.2. The molecule has 1 aliphatic carbocycles. The number of hydrogen-bond acceptors (Lipinski definition) is 2. The lowest BCUT2D eigenvalue weighted by Crippen LogP contribution is -2.48. The van der Waals surface area contributed by atoms with Gasteiger partial charge >= 0.3 is 0 Å². The minimum atomic E-state index is -1.55. The monoisotopic (exact) mass is 431 g/mol. The van der Waals surface area contributed by atoms with Gasteiger partial charge in [-0.1, -0.05) is 41.4 Å². The van der Waals surface area contributed by atoms with Crippen LogP contribution in [0, 0.1) is 11.6 Å². The van der Waals surface area contributed by atoms with Crippen LogP contribution in [0.5, 0.6) is 0 Å². The highest BCUT2D eigenvalue weighted by atomic mass is 35.5. The largest absolute Gasteiger partial charge is 0.387 e. The maximum Gasteiger partial charge on any atom is 0.253 e. The van der Waals surface area contributed by atoms with Crippen LogP contribution in [0.1, 0.15) is 47.6 Å². The summed E-state index contributed by atoms with van der Waals surface area (Å²) >= 11 is 12.0. The van der Waals surface area contributed by atoms with E-state index in [4.69, 9.17) is 23.2 Å². The van der Waals surface area contributed by atoms with Crippen molar-refractivity contribution in [1.29, 1.82) is 0 Å². The van der Waals surface area contributed by atoms with Crippen molar-refractivity contribution in [3.05, 3.63) is 69.2 Å². The van der Waals surface area contributed by atoms with Gasteiger partial charge in [-0.3, -0.25) is 4.79 Å². The Morgan fingerprint density at radius 3 is 2.29 bits per heavy atom. The molecule has 0 spiro atoms. The standard InChI is InChI=1S/C20H18Cl2F3NO2/c21-16-12(3-1-5-14(16)24)18(20(28)9-7-11(23)8-10-20)26-19(27)13-4-2-6-15(25)17(13)22/h1-6,11,18,28H,7-10H2,(H,26,27). The molecule has 0 bridgehead atoms. The number of amides is 1. The predicted molar refractivity (Wildman–Crippen MR) is 101 cm³/mol. The molecule has 0 radical (unpaired) electrons. The molecule has 1 fully saturated rings. The number of aliphatic hydroxyl groups is 1. The second-order valence-electron chi connectivity index (χ2n) is 6.93. The van der Waals surface area contributed by atoms with Crippen LogP contribution < -0.4 is 5.32 Å². The molecule has 3 nitrogen and oxygen atoms in total. The summed E-state index contributed by atoms with van der Waals surface area (Å²) in [7, 11) is 0. The molecular formula is C20H18Cl2F3NO2. The number of carbonyl (C=O) groups is 1. The molecule has 150 valence electrons. The lowest BCUT2D eigenvalue weighted by atomic mass is 9.76. The fourth-order valence-electron chi connectivity index (χ4n) is 3.50. The molecule has 0 aromatic heterocycles. The molecule has 28 heavy (non-hydrogen) atoms. The number of alkyl halides is 1. The topological polar surface area (TPSA) is 49.3 Å².